The lowest BCUT2D eigenvalue weighted by Gasteiger charge is -2.29. The Bertz CT molecular complexity index is 1990. The summed E-state index contributed by atoms with van der Waals surface area (Å²) in [4.78, 5) is 16.7. The Balaban J connectivity index is 1.26. The number of thiol groups is 1. The maximum atomic E-state index is 14.1. The highest BCUT2D eigenvalue weighted by Crippen LogP contribution is 2.38. The molecule has 3 heterocycles. The van der Waals surface area contributed by atoms with E-state index in [-0.39, 0.29) is 34.5 Å². The molecule has 2 aromatic heterocycles. The van der Waals surface area contributed by atoms with Crippen LogP contribution in [0.25, 0.3) is 16.6 Å². The van der Waals surface area contributed by atoms with E-state index in [9.17, 15) is 26.4 Å². The number of aryl methyl sites for hydroxylation is 1. The fraction of sp³-hybridized carbons (Fsp3) is 0.250. The lowest BCUT2D eigenvalue weighted by atomic mass is 9.89. The van der Waals surface area contributed by atoms with E-state index in [2.05, 4.69) is 10.1 Å². The highest BCUT2D eigenvalue weighted by atomic mass is 32.2. The molecule has 1 saturated heterocycles. The summed E-state index contributed by atoms with van der Waals surface area (Å²) >= 11 is 0. The number of nitrogen functional groups attached to an aromatic ring is 1. The number of halogens is 3. The summed E-state index contributed by atoms with van der Waals surface area (Å²) in [5, 5.41) is 4.89. The number of aromatic nitrogens is 3. The smallest absolute Gasteiger partial charge is 0.272 e. The molecule has 3 aromatic carbocycles. The van der Waals surface area contributed by atoms with Gasteiger partial charge in [-0.05, 0) is 85.3 Å². The minimum absolute atomic E-state index is 0.0886. The molecule has 1 aliphatic rings. The van der Waals surface area contributed by atoms with Gasteiger partial charge in [-0.15, -0.1) is 0 Å². The molecule has 3 N–H and O–H groups in total. The number of nitrogens with one attached hydrogen (secondary N) is 1. The summed E-state index contributed by atoms with van der Waals surface area (Å²) in [6.45, 7) is 1.62. The molecule has 0 aliphatic carbocycles. The van der Waals surface area contributed by atoms with Gasteiger partial charge in [-0.25, -0.2) is 30.6 Å². The van der Waals surface area contributed by atoms with Crippen LogP contribution in [0, 0.1) is 12.7 Å². The standard InChI is InChI=1S/C32H30F3N5O5S/c1-18-12-21(6-7-27(18)45-28-5-3-2-4-24(28)33)40-32(36)23(16-37-40)31(41)26-13-20-14-29(44-17-30(34)35)22(15-25(20)38-26)19-8-10-39(11-9-19)46(42)43/h2-7,12-16,19,30,38,46H,8-11,17,36H2,1H3. The van der Waals surface area contributed by atoms with Crippen molar-refractivity contribution in [2.24, 2.45) is 0 Å². The number of nitrogens with two attached hydrogens (primary N) is 1. The third kappa shape index (κ3) is 6.30. The first-order chi connectivity index (χ1) is 22.1. The van der Waals surface area contributed by atoms with Gasteiger partial charge in [-0.2, -0.15) is 5.10 Å². The van der Waals surface area contributed by atoms with Gasteiger partial charge >= 0.3 is 0 Å². The molecule has 14 heteroatoms. The first-order valence-corrected chi connectivity index (χ1v) is 15.6. The van der Waals surface area contributed by atoms with E-state index < -0.39 is 35.5 Å². The zero-order valence-corrected chi connectivity index (χ0v) is 25.5. The van der Waals surface area contributed by atoms with E-state index in [1.54, 1.807) is 55.5 Å². The minimum atomic E-state index is -2.69. The van der Waals surface area contributed by atoms with E-state index in [1.807, 2.05) is 0 Å². The maximum absolute atomic E-state index is 14.1. The molecule has 240 valence electrons. The number of hydrogen-bond donors (Lipinski definition) is 3. The Morgan fingerprint density at radius 1 is 1.07 bits per heavy atom. The molecule has 0 radical (unpaired) electrons. The summed E-state index contributed by atoms with van der Waals surface area (Å²) in [6.07, 6.45) is -0.327. The summed E-state index contributed by atoms with van der Waals surface area (Å²) < 4.78 is 76.9. The zero-order valence-electron chi connectivity index (χ0n) is 24.6. The number of nitrogens with zero attached hydrogens (tertiary/aromatic N) is 3. The van der Waals surface area contributed by atoms with E-state index in [1.165, 1.54) is 27.3 Å². The number of hydrogen-bond acceptors (Lipinski definition) is 7. The van der Waals surface area contributed by atoms with Crippen LogP contribution in [0.2, 0.25) is 0 Å². The second kappa shape index (κ2) is 12.9. The first kappa shape index (κ1) is 31.2. The number of piperidine rings is 1. The highest BCUT2D eigenvalue weighted by Gasteiger charge is 2.26. The van der Waals surface area contributed by atoms with Crippen molar-refractivity contribution in [2.75, 3.05) is 25.4 Å². The Morgan fingerprint density at radius 2 is 1.83 bits per heavy atom. The topological polar surface area (TPSA) is 133 Å². The highest BCUT2D eigenvalue weighted by molar-refractivity contribution is 7.69. The number of fused-ring (bicyclic) bond motifs is 1. The van der Waals surface area contributed by atoms with Crippen LogP contribution in [0.4, 0.5) is 19.0 Å². The number of rotatable bonds is 10. The second-order valence-electron chi connectivity index (χ2n) is 11.0. The van der Waals surface area contributed by atoms with Crippen molar-refractivity contribution in [3.8, 4) is 22.9 Å². The molecule has 6 rings (SSSR count). The van der Waals surface area contributed by atoms with Gasteiger partial charge in [-0.1, -0.05) is 12.1 Å². The summed E-state index contributed by atoms with van der Waals surface area (Å²) in [5.41, 5.74) is 9.25. The normalized spacial score (nSPS) is 14.4. The lowest BCUT2D eigenvalue weighted by Crippen LogP contribution is -2.31. The lowest BCUT2D eigenvalue weighted by molar-refractivity contribution is 0.0811. The Hall–Kier alpha value is -4.82. The monoisotopic (exact) mass is 653 g/mol. The molecule has 0 saturated carbocycles. The van der Waals surface area contributed by atoms with E-state index >= 15 is 0 Å². The van der Waals surface area contributed by atoms with Crippen LogP contribution < -0.4 is 15.2 Å². The predicted molar refractivity (Wildman–Crippen MR) is 166 cm³/mol. The number of carbonyl (C=O) groups excluding carboxylic acids is 1. The number of H-pyrrole nitrogens is 1. The van der Waals surface area contributed by atoms with Gasteiger partial charge in [0.05, 0.1) is 23.1 Å². The molecule has 10 nitrogen and oxygen atoms in total. The van der Waals surface area contributed by atoms with E-state index in [4.69, 9.17) is 15.2 Å². The average Bonchev–Trinajstić information content (AvgIpc) is 3.64. The molecule has 0 bridgehead atoms. The Morgan fingerprint density at radius 3 is 2.52 bits per heavy atom. The van der Waals surface area contributed by atoms with Gasteiger partial charge < -0.3 is 20.2 Å². The van der Waals surface area contributed by atoms with Crippen molar-refractivity contribution in [2.45, 2.75) is 32.1 Å². The number of aromatic amines is 1. The van der Waals surface area contributed by atoms with Gasteiger partial charge in [0.1, 0.15) is 23.9 Å². The zero-order chi connectivity index (χ0) is 32.5. The third-order valence-corrected chi connectivity index (χ3v) is 8.88. The average molecular weight is 654 g/mol. The molecule has 0 unspecified atom stereocenters. The van der Waals surface area contributed by atoms with Crippen LogP contribution in [0.5, 0.6) is 17.2 Å². The van der Waals surface area contributed by atoms with E-state index in [0.717, 1.165) is 0 Å². The van der Waals surface area contributed by atoms with Gasteiger partial charge in [0.15, 0.2) is 11.6 Å². The van der Waals surface area contributed by atoms with Gasteiger partial charge in [0, 0.05) is 24.0 Å². The SMILES string of the molecule is Cc1cc(-n2ncc(C(=O)c3cc4cc(OCC(F)F)c(C5CCN([SH](=O)=O)CC5)cc4[nH]3)c2N)ccc1Oc1ccccc1F. The molecule has 5 aromatic rings. The summed E-state index contributed by atoms with van der Waals surface area (Å²) in [7, 11) is -2.69. The largest absolute Gasteiger partial charge is 0.487 e. The number of alkyl halides is 2. The summed E-state index contributed by atoms with van der Waals surface area (Å²) in [5.74, 6) is -0.151. The van der Waals surface area contributed by atoms with Crippen molar-refractivity contribution < 1.29 is 35.9 Å². The quantitative estimate of drug-likeness (QED) is 0.129. The maximum Gasteiger partial charge on any atom is 0.272 e. The Labute approximate surface area is 263 Å². The van der Waals surface area contributed by atoms with Crippen LogP contribution >= 0.6 is 0 Å². The van der Waals surface area contributed by atoms with Crippen LogP contribution in [0.15, 0.2) is 66.9 Å². The van der Waals surface area contributed by atoms with Crippen molar-refractivity contribution >= 4 is 33.4 Å². The number of para-hydroxylation sites is 1. The van der Waals surface area contributed by atoms with Crippen molar-refractivity contribution in [3.05, 3.63) is 95.1 Å². The van der Waals surface area contributed by atoms with Gasteiger partial charge in [0.2, 0.25) is 16.7 Å². The Kier molecular flexibility index (Phi) is 8.73. The van der Waals surface area contributed by atoms with Gasteiger partial charge in [-0.3, -0.25) is 4.79 Å². The molecule has 1 aliphatic heterocycles. The van der Waals surface area contributed by atoms with Crippen LogP contribution in [0.1, 0.15) is 45.9 Å². The minimum Gasteiger partial charge on any atom is -0.487 e. The molecule has 0 spiro atoms. The van der Waals surface area contributed by atoms with Crippen molar-refractivity contribution in [3.63, 3.8) is 0 Å². The number of carbonyl (C=O) groups is 1. The van der Waals surface area contributed by atoms with Gasteiger partial charge in [0.25, 0.3) is 6.43 Å². The van der Waals surface area contributed by atoms with Crippen molar-refractivity contribution in [1.82, 2.24) is 19.1 Å². The first-order valence-electron chi connectivity index (χ1n) is 14.5. The molecule has 0 atom stereocenters. The molecular weight excluding hydrogens is 623 g/mol. The van der Waals surface area contributed by atoms with Crippen LogP contribution in [-0.4, -0.2) is 59.4 Å². The number of ether oxygens (including phenoxy) is 2. The fourth-order valence-electron chi connectivity index (χ4n) is 5.65. The molecule has 1 fully saturated rings. The second-order valence-corrected chi connectivity index (χ2v) is 12.0. The number of ketones is 1. The van der Waals surface area contributed by atoms with Crippen LogP contribution in [-0.2, 0) is 10.9 Å². The number of benzene rings is 3. The van der Waals surface area contributed by atoms with Crippen LogP contribution in [0.3, 0.4) is 0 Å². The third-order valence-electron chi connectivity index (χ3n) is 8.01. The molecule has 0 amide bonds. The predicted octanol–water partition coefficient (Wildman–Crippen LogP) is 5.76. The summed E-state index contributed by atoms with van der Waals surface area (Å²) in [6, 6.07) is 16.1. The fourth-order valence-corrected chi connectivity index (χ4v) is 6.20. The molecular formula is C32H30F3N5O5S. The number of anilines is 1. The molecule has 46 heavy (non-hydrogen) atoms. The van der Waals surface area contributed by atoms with E-state index in [0.29, 0.717) is 59.4 Å². The van der Waals surface area contributed by atoms with Crippen molar-refractivity contribution in [1.29, 1.82) is 0 Å².